The first-order valence-electron chi connectivity index (χ1n) is 6.38. The van der Waals surface area contributed by atoms with Gasteiger partial charge in [-0.3, -0.25) is 4.90 Å². The molecule has 1 aliphatic rings. The molecule has 3 nitrogen and oxygen atoms in total. The smallest absolute Gasteiger partial charge is 0.394 e. The zero-order valence-electron chi connectivity index (χ0n) is 10.7. The van der Waals surface area contributed by atoms with Crippen LogP contribution in [-0.4, -0.2) is 34.9 Å². The first-order chi connectivity index (χ1) is 9.49. The van der Waals surface area contributed by atoms with Crippen LogP contribution in [0.5, 0.6) is 0 Å². The number of aliphatic hydroxyl groups is 1. The summed E-state index contributed by atoms with van der Waals surface area (Å²) in [4.78, 5) is 1.11. The van der Waals surface area contributed by atoms with Crippen LogP contribution in [0.4, 0.5) is 13.2 Å². The maximum absolute atomic E-state index is 13.1. The van der Waals surface area contributed by atoms with Crippen molar-refractivity contribution in [3.63, 3.8) is 0 Å². The highest BCUT2D eigenvalue weighted by Gasteiger charge is 2.51. The number of hydrogen-bond donors (Lipinski definition) is 1. The lowest BCUT2D eigenvalue weighted by molar-refractivity contribution is -0.185. The molecule has 3 atom stereocenters. The Hall–Kier alpha value is -1.58. The fraction of sp³-hybridized carbons (Fsp3) is 0.500. The highest BCUT2D eigenvalue weighted by atomic mass is 19.4. The maximum atomic E-state index is 13.1. The van der Waals surface area contributed by atoms with Crippen molar-refractivity contribution in [3.8, 4) is 6.07 Å². The van der Waals surface area contributed by atoms with E-state index in [4.69, 9.17) is 5.26 Å². The molecule has 0 radical (unpaired) electrons. The molecule has 0 spiro atoms. The van der Waals surface area contributed by atoms with Crippen molar-refractivity contribution in [1.29, 1.82) is 5.26 Å². The number of hydrogen-bond acceptors (Lipinski definition) is 3. The second kappa shape index (κ2) is 5.81. The summed E-state index contributed by atoms with van der Waals surface area (Å²) in [6.45, 7) is -0.450. The first-order valence-corrected chi connectivity index (χ1v) is 6.38. The third-order valence-corrected chi connectivity index (χ3v) is 3.68. The minimum Gasteiger partial charge on any atom is -0.394 e. The van der Waals surface area contributed by atoms with E-state index in [0.717, 1.165) is 4.90 Å². The molecule has 1 saturated heterocycles. The van der Waals surface area contributed by atoms with E-state index < -0.39 is 30.9 Å². The normalized spacial score (nSPS) is 25.4. The second-order valence-corrected chi connectivity index (χ2v) is 4.84. The summed E-state index contributed by atoms with van der Waals surface area (Å²) in [5, 5.41) is 18.6. The van der Waals surface area contributed by atoms with Crippen LogP contribution >= 0.6 is 0 Å². The van der Waals surface area contributed by atoms with Gasteiger partial charge in [-0.1, -0.05) is 30.3 Å². The van der Waals surface area contributed by atoms with Gasteiger partial charge in [-0.15, -0.1) is 0 Å². The van der Waals surface area contributed by atoms with Gasteiger partial charge in [0.25, 0.3) is 0 Å². The fourth-order valence-corrected chi connectivity index (χ4v) is 2.78. The van der Waals surface area contributed by atoms with Crippen LogP contribution in [0.15, 0.2) is 30.3 Å². The van der Waals surface area contributed by atoms with E-state index in [1.165, 1.54) is 0 Å². The predicted molar refractivity (Wildman–Crippen MR) is 66.6 cm³/mol. The van der Waals surface area contributed by atoms with Gasteiger partial charge in [0.1, 0.15) is 6.04 Å². The standard InChI is InChI=1S/C14H15F3N2O/c15-14(16,17)13-7-6-11(8-18)19(13)12(9-20)10-4-2-1-3-5-10/h1-5,11-13,20H,6-7,9H2/t11-,12+,13-/m1/s1. The topological polar surface area (TPSA) is 47.3 Å². The van der Waals surface area contributed by atoms with Crippen LogP contribution in [0, 0.1) is 11.3 Å². The molecule has 0 aliphatic carbocycles. The Bertz CT molecular complexity index is 483. The minimum atomic E-state index is -4.40. The van der Waals surface area contributed by atoms with Gasteiger partial charge in [0.05, 0.1) is 24.8 Å². The summed E-state index contributed by atoms with van der Waals surface area (Å²) >= 11 is 0. The Labute approximate surface area is 115 Å². The molecule has 0 unspecified atom stereocenters. The molecule has 1 aromatic rings. The first kappa shape index (κ1) is 14.8. The third-order valence-electron chi connectivity index (χ3n) is 3.68. The molecule has 0 aromatic heterocycles. The molecule has 0 bridgehead atoms. The number of nitriles is 1. The average Bonchev–Trinajstić information content (AvgIpc) is 2.85. The molecule has 1 aromatic carbocycles. The summed E-state index contributed by atoms with van der Waals surface area (Å²) in [6.07, 6.45) is -4.33. The van der Waals surface area contributed by atoms with Crippen LogP contribution in [-0.2, 0) is 0 Å². The SMILES string of the molecule is N#C[C@H]1CC[C@H](C(F)(F)F)N1[C@@H](CO)c1ccccc1. The number of alkyl halides is 3. The third kappa shape index (κ3) is 2.79. The Balaban J connectivity index is 2.36. The van der Waals surface area contributed by atoms with Crippen LogP contribution in [0.25, 0.3) is 0 Å². The van der Waals surface area contributed by atoms with Crippen molar-refractivity contribution in [1.82, 2.24) is 4.90 Å². The molecule has 20 heavy (non-hydrogen) atoms. The van der Waals surface area contributed by atoms with Crippen molar-refractivity contribution in [2.75, 3.05) is 6.61 Å². The van der Waals surface area contributed by atoms with Crippen molar-refractivity contribution in [2.45, 2.75) is 37.1 Å². The van der Waals surface area contributed by atoms with Crippen LogP contribution in [0.1, 0.15) is 24.4 Å². The lowest BCUT2D eigenvalue weighted by Crippen LogP contribution is -2.47. The largest absolute Gasteiger partial charge is 0.404 e. The zero-order chi connectivity index (χ0) is 14.8. The van der Waals surface area contributed by atoms with Gasteiger partial charge >= 0.3 is 6.18 Å². The van der Waals surface area contributed by atoms with E-state index in [0.29, 0.717) is 5.56 Å². The summed E-state index contributed by atoms with van der Waals surface area (Å²) < 4.78 is 39.3. The van der Waals surface area contributed by atoms with Gasteiger partial charge < -0.3 is 5.11 Å². The summed E-state index contributed by atoms with van der Waals surface area (Å²) in [5.41, 5.74) is 0.589. The average molecular weight is 284 g/mol. The summed E-state index contributed by atoms with van der Waals surface area (Å²) in [6, 6.07) is 7.11. The molecular formula is C14H15F3N2O. The number of benzene rings is 1. The number of likely N-dealkylation sites (tertiary alicyclic amines) is 1. The Morgan fingerprint density at radius 3 is 2.45 bits per heavy atom. The van der Waals surface area contributed by atoms with Gasteiger partial charge in [0, 0.05) is 0 Å². The second-order valence-electron chi connectivity index (χ2n) is 4.84. The molecule has 1 aliphatic heterocycles. The van der Waals surface area contributed by atoms with Crippen molar-refractivity contribution < 1.29 is 18.3 Å². The molecule has 6 heteroatoms. The predicted octanol–water partition coefficient (Wildman–Crippen LogP) is 2.64. The monoisotopic (exact) mass is 284 g/mol. The number of halogens is 3. The van der Waals surface area contributed by atoms with Gasteiger partial charge in [-0.2, -0.15) is 18.4 Å². The van der Waals surface area contributed by atoms with Crippen molar-refractivity contribution in [2.24, 2.45) is 0 Å². The highest BCUT2D eigenvalue weighted by Crippen LogP contribution is 2.40. The molecule has 2 rings (SSSR count). The number of rotatable bonds is 3. The van der Waals surface area contributed by atoms with E-state index >= 15 is 0 Å². The Morgan fingerprint density at radius 1 is 1.30 bits per heavy atom. The number of aliphatic hydroxyl groups excluding tert-OH is 1. The summed E-state index contributed by atoms with van der Waals surface area (Å²) in [7, 11) is 0. The van der Waals surface area contributed by atoms with Crippen molar-refractivity contribution >= 4 is 0 Å². The maximum Gasteiger partial charge on any atom is 0.404 e. The van der Waals surface area contributed by atoms with E-state index in [9.17, 15) is 18.3 Å². The molecule has 0 amide bonds. The van der Waals surface area contributed by atoms with Crippen LogP contribution < -0.4 is 0 Å². The zero-order valence-corrected chi connectivity index (χ0v) is 10.7. The summed E-state index contributed by atoms with van der Waals surface area (Å²) in [5.74, 6) is 0. The van der Waals surface area contributed by atoms with Crippen molar-refractivity contribution in [3.05, 3.63) is 35.9 Å². The highest BCUT2D eigenvalue weighted by molar-refractivity contribution is 5.21. The molecule has 108 valence electrons. The molecular weight excluding hydrogens is 269 g/mol. The number of nitrogens with zero attached hydrogens (tertiary/aromatic N) is 2. The van der Waals surface area contributed by atoms with Gasteiger partial charge in [0.15, 0.2) is 0 Å². The van der Waals surface area contributed by atoms with Gasteiger partial charge in [-0.25, -0.2) is 0 Å². The lowest BCUT2D eigenvalue weighted by atomic mass is 10.0. The molecule has 1 N–H and O–H groups in total. The van der Waals surface area contributed by atoms with Gasteiger partial charge in [-0.05, 0) is 18.4 Å². The van der Waals surface area contributed by atoms with E-state index in [1.807, 2.05) is 6.07 Å². The molecule has 1 heterocycles. The van der Waals surface area contributed by atoms with Gasteiger partial charge in [0.2, 0.25) is 0 Å². The van der Waals surface area contributed by atoms with Crippen LogP contribution in [0.3, 0.4) is 0 Å². The fourth-order valence-electron chi connectivity index (χ4n) is 2.78. The van der Waals surface area contributed by atoms with Crippen LogP contribution in [0.2, 0.25) is 0 Å². The Morgan fingerprint density at radius 2 is 1.95 bits per heavy atom. The molecule has 1 fully saturated rings. The Kier molecular flexibility index (Phi) is 4.31. The minimum absolute atomic E-state index is 0.106. The van der Waals surface area contributed by atoms with E-state index in [1.54, 1.807) is 30.3 Å². The van der Waals surface area contributed by atoms with E-state index in [2.05, 4.69) is 0 Å². The quantitative estimate of drug-likeness (QED) is 0.928. The molecule has 0 saturated carbocycles. The lowest BCUT2D eigenvalue weighted by Gasteiger charge is -2.35. The van der Waals surface area contributed by atoms with E-state index in [-0.39, 0.29) is 12.8 Å².